The van der Waals surface area contributed by atoms with Crippen molar-refractivity contribution >= 4 is 54.9 Å². The third-order valence-corrected chi connectivity index (χ3v) is 6.31. The minimum Gasteiger partial charge on any atom is -0.480 e. The molecule has 0 aliphatic carbocycles. The molecule has 18 heavy (non-hydrogen) atoms. The summed E-state index contributed by atoms with van der Waals surface area (Å²) < 4.78 is 25.9. The molecule has 2 atom stereocenters. The second kappa shape index (κ2) is 5.85. The van der Waals surface area contributed by atoms with Gasteiger partial charge in [0.05, 0.1) is 14.9 Å². The van der Waals surface area contributed by atoms with Gasteiger partial charge < -0.3 is 10.2 Å². The number of rotatable bonds is 5. The largest absolute Gasteiger partial charge is 0.480 e. The van der Waals surface area contributed by atoms with Crippen molar-refractivity contribution in [2.24, 2.45) is 0 Å². The molecule has 0 amide bonds. The Hall–Kier alpha value is -0.190. The Morgan fingerprint density at radius 3 is 2.50 bits per heavy atom. The Morgan fingerprint density at radius 2 is 2.17 bits per heavy atom. The fourth-order valence-corrected chi connectivity index (χ4v) is 4.72. The van der Waals surface area contributed by atoms with Gasteiger partial charge in [0.2, 0.25) is 0 Å². The van der Waals surface area contributed by atoms with Gasteiger partial charge in [-0.25, -0.2) is 8.42 Å². The summed E-state index contributed by atoms with van der Waals surface area (Å²) in [4.78, 5) is 10.8. The predicted molar refractivity (Wildman–Crippen MR) is 70.5 cm³/mol. The van der Waals surface area contributed by atoms with Gasteiger partial charge in [0.15, 0.2) is 0 Å². The number of aliphatic carboxylic acids is 1. The van der Waals surface area contributed by atoms with Gasteiger partial charge in [0.25, 0.3) is 10.0 Å². The third-order valence-electron chi connectivity index (χ3n) is 1.92. The standard InChI is InChI=1S/C8H9BrClNO5S2/c1-3(12)6(8(13)14)11-18(15,16)5-2-4(10)7(9)17-5/h2-3,6,11-12H,1H3,(H,13,14)/t3-,6+/m1/s1. The van der Waals surface area contributed by atoms with Gasteiger partial charge in [-0.15, -0.1) is 11.3 Å². The first kappa shape index (κ1) is 15.9. The highest BCUT2D eigenvalue weighted by molar-refractivity contribution is 9.11. The molecule has 0 spiro atoms. The van der Waals surface area contributed by atoms with E-state index < -0.39 is 28.1 Å². The molecule has 1 aromatic heterocycles. The minimum absolute atomic E-state index is 0.133. The van der Waals surface area contributed by atoms with Crippen LogP contribution < -0.4 is 4.72 Å². The zero-order valence-electron chi connectivity index (χ0n) is 8.92. The van der Waals surface area contributed by atoms with Crippen LogP contribution in [0.3, 0.4) is 0 Å². The fourth-order valence-electron chi connectivity index (χ4n) is 1.04. The van der Waals surface area contributed by atoms with Crippen LogP contribution in [0, 0.1) is 0 Å². The lowest BCUT2D eigenvalue weighted by molar-refractivity contribution is -0.141. The molecule has 0 saturated carbocycles. The summed E-state index contributed by atoms with van der Waals surface area (Å²) in [6.45, 7) is 1.18. The van der Waals surface area contributed by atoms with E-state index in [-0.39, 0.29) is 9.23 Å². The second-order valence-electron chi connectivity index (χ2n) is 3.36. The molecule has 6 nitrogen and oxygen atoms in total. The highest BCUT2D eigenvalue weighted by Crippen LogP contribution is 2.34. The number of carboxylic acids is 1. The summed E-state index contributed by atoms with van der Waals surface area (Å²) >= 11 is 9.61. The van der Waals surface area contributed by atoms with Crippen LogP contribution in [0.5, 0.6) is 0 Å². The van der Waals surface area contributed by atoms with Crippen molar-refractivity contribution in [3.63, 3.8) is 0 Å². The van der Waals surface area contributed by atoms with Crippen molar-refractivity contribution in [1.82, 2.24) is 4.72 Å². The summed E-state index contributed by atoms with van der Waals surface area (Å²) in [5, 5.41) is 18.2. The van der Waals surface area contributed by atoms with Crippen molar-refractivity contribution in [2.75, 3.05) is 0 Å². The maximum absolute atomic E-state index is 11.9. The smallest absolute Gasteiger partial charge is 0.324 e. The van der Waals surface area contributed by atoms with E-state index in [9.17, 15) is 18.3 Å². The average molecular weight is 379 g/mol. The second-order valence-corrected chi connectivity index (χ2v) is 8.08. The third kappa shape index (κ3) is 3.65. The topological polar surface area (TPSA) is 104 Å². The van der Waals surface area contributed by atoms with Gasteiger partial charge in [-0.2, -0.15) is 4.72 Å². The molecule has 0 aliphatic heterocycles. The van der Waals surface area contributed by atoms with Gasteiger partial charge in [0.1, 0.15) is 10.3 Å². The molecule has 1 aromatic rings. The molecule has 1 rings (SSSR count). The SMILES string of the molecule is C[C@@H](O)[C@H](NS(=O)(=O)c1cc(Cl)c(Br)s1)C(=O)O. The Morgan fingerprint density at radius 1 is 1.61 bits per heavy atom. The van der Waals surface area contributed by atoms with Crippen LogP contribution in [0.4, 0.5) is 0 Å². The lowest BCUT2D eigenvalue weighted by Gasteiger charge is -2.16. The van der Waals surface area contributed by atoms with Crippen LogP contribution in [0.25, 0.3) is 0 Å². The Bertz CT molecular complexity index is 536. The number of aliphatic hydroxyl groups is 1. The normalized spacial score (nSPS) is 15.3. The number of carbonyl (C=O) groups is 1. The van der Waals surface area contributed by atoms with E-state index in [1.807, 2.05) is 4.72 Å². The van der Waals surface area contributed by atoms with Crippen molar-refractivity contribution < 1.29 is 23.4 Å². The highest BCUT2D eigenvalue weighted by Gasteiger charge is 2.30. The first-order valence-electron chi connectivity index (χ1n) is 4.53. The number of hydrogen-bond donors (Lipinski definition) is 3. The molecule has 0 unspecified atom stereocenters. The van der Waals surface area contributed by atoms with Crippen LogP contribution in [0.15, 0.2) is 14.1 Å². The molecule has 1 heterocycles. The van der Waals surface area contributed by atoms with E-state index in [1.54, 1.807) is 0 Å². The van der Waals surface area contributed by atoms with Crippen molar-refractivity contribution in [2.45, 2.75) is 23.3 Å². The molecule has 0 bridgehead atoms. The molecule has 0 radical (unpaired) electrons. The van der Waals surface area contributed by atoms with E-state index in [0.717, 1.165) is 11.3 Å². The Balaban J connectivity index is 3.04. The minimum atomic E-state index is -4.04. The quantitative estimate of drug-likeness (QED) is 0.716. The monoisotopic (exact) mass is 377 g/mol. The van der Waals surface area contributed by atoms with Gasteiger partial charge in [-0.1, -0.05) is 11.6 Å². The predicted octanol–water partition coefficient (Wildman–Crippen LogP) is 1.28. The fraction of sp³-hybridized carbons (Fsp3) is 0.375. The molecule has 0 fully saturated rings. The molecule has 102 valence electrons. The molecular weight excluding hydrogens is 370 g/mol. The maximum atomic E-state index is 11.9. The van der Waals surface area contributed by atoms with Gasteiger partial charge in [-0.3, -0.25) is 4.79 Å². The number of sulfonamides is 1. The first-order chi connectivity index (χ1) is 8.15. The van der Waals surface area contributed by atoms with Gasteiger partial charge in [0, 0.05) is 0 Å². The van der Waals surface area contributed by atoms with Crippen molar-refractivity contribution in [3.05, 3.63) is 14.9 Å². The summed E-state index contributed by atoms with van der Waals surface area (Å²) in [6.07, 6.45) is -1.36. The highest BCUT2D eigenvalue weighted by atomic mass is 79.9. The summed E-state index contributed by atoms with van der Waals surface area (Å²) in [7, 11) is -4.04. The average Bonchev–Trinajstić information content (AvgIpc) is 2.56. The lowest BCUT2D eigenvalue weighted by Crippen LogP contribution is -2.47. The molecule has 0 aromatic carbocycles. The number of aliphatic hydroxyl groups excluding tert-OH is 1. The van der Waals surface area contributed by atoms with Crippen molar-refractivity contribution in [1.29, 1.82) is 0 Å². The lowest BCUT2D eigenvalue weighted by atomic mass is 10.2. The zero-order valence-corrected chi connectivity index (χ0v) is 12.9. The van der Waals surface area contributed by atoms with E-state index >= 15 is 0 Å². The summed E-state index contributed by atoms with van der Waals surface area (Å²) in [5.41, 5.74) is 0. The van der Waals surface area contributed by atoms with Crippen LogP contribution in [0.1, 0.15) is 6.92 Å². The number of hydrogen-bond acceptors (Lipinski definition) is 5. The summed E-state index contributed by atoms with van der Waals surface area (Å²) in [5.74, 6) is -1.46. The molecule has 3 N–H and O–H groups in total. The van der Waals surface area contributed by atoms with Crippen molar-refractivity contribution in [3.8, 4) is 0 Å². The number of nitrogens with one attached hydrogen (secondary N) is 1. The van der Waals surface area contributed by atoms with Crippen LogP contribution in [-0.2, 0) is 14.8 Å². The van der Waals surface area contributed by atoms with Crippen LogP contribution >= 0.6 is 38.9 Å². The maximum Gasteiger partial charge on any atom is 0.324 e. The van der Waals surface area contributed by atoms with Gasteiger partial charge in [-0.05, 0) is 28.9 Å². The van der Waals surface area contributed by atoms with Crippen LogP contribution in [-0.4, -0.2) is 36.7 Å². The van der Waals surface area contributed by atoms with E-state index in [0.29, 0.717) is 3.79 Å². The number of thiophene rings is 1. The summed E-state index contributed by atoms with van der Waals surface area (Å²) in [6, 6.07) is -0.422. The van der Waals surface area contributed by atoms with Crippen LogP contribution in [0.2, 0.25) is 5.02 Å². The Labute approximate surface area is 121 Å². The van der Waals surface area contributed by atoms with E-state index in [1.165, 1.54) is 13.0 Å². The van der Waals surface area contributed by atoms with E-state index in [4.69, 9.17) is 16.7 Å². The molecule has 10 heteroatoms. The molecule has 0 saturated heterocycles. The number of halogens is 2. The molecular formula is C8H9BrClNO5S2. The zero-order chi connectivity index (χ0) is 14.1. The van der Waals surface area contributed by atoms with E-state index in [2.05, 4.69) is 15.9 Å². The number of carboxylic acid groups (broad SMARTS) is 1. The molecule has 0 aliphatic rings. The first-order valence-corrected chi connectivity index (χ1v) is 8.00. The Kier molecular flexibility index (Phi) is 5.15. The van der Waals surface area contributed by atoms with Gasteiger partial charge >= 0.3 is 5.97 Å².